The van der Waals surface area contributed by atoms with E-state index in [2.05, 4.69) is 0 Å². The van der Waals surface area contributed by atoms with E-state index in [4.69, 9.17) is 0 Å². The fraction of sp³-hybridized carbons (Fsp3) is 0.385. The maximum atomic E-state index is 13.8. The molecule has 0 saturated carbocycles. The fourth-order valence-corrected chi connectivity index (χ4v) is 2.05. The maximum absolute atomic E-state index is 13.8. The molecule has 0 bridgehead atoms. The number of amides is 2. The molecule has 18 heavy (non-hydrogen) atoms. The van der Waals surface area contributed by atoms with Crippen LogP contribution in [0.2, 0.25) is 0 Å². The fourth-order valence-electron chi connectivity index (χ4n) is 2.05. The lowest BCUT2D eigenvalue weighted by atomic mass is 10.0. The molecule has 2 rings (SSSR count). The van der Waals surface area contributed by atoms with Crippen LogP contribution in [0, 0.1) is 18.7 Å². The van der Waals surface area contributed by atoms with Crippen molar-refractivity contribution in [2.24, 2.45) is 5.92 Å². The van der Waals surface area contributed by atoms with Gasteiger partial charge < -0.3 is 5.11 Å². The van der Waals surface area contributed by atoms with Gasteiger partial charge in [-0.25, -0.2) is 4.39 Å². The lowest BCUT2D eigenvalue weighted by Crippen LogP contribution is -2.33. The van der Waals surface area contributed by atoms with Gasteiger partial charge in [-0.15, -0.1) is 0 Å². The molecule has 0 aromatic heterocycles. The van der Waals surface area contributed by atoms with Crippen LogP contribution in [0.15, 0.2) is 6.07 Å². The molecule has 0 radical (unpaired) electrons. The average molecular weight is 251 g/mol. The van der Waals surface area contributed by atoms with Gasteiger partial charge in [-0.3, -0.25) is 14.5 Å². The summed E-state index contributed by atoms with van der Waals surface area (Å²) in [5.74, 6) is -2.64. The Morgan fingerprint density at radius 3 is 2.50 bits per heavy atom. The number of phenolic OH excluding ortho intramolecular Hbond substituents is 1. The third kappa shape index (κ3) is 1.66. The van der Waals surface area contributed by atoms with Crippen molar-refractivity contribution in [2.75, 3.05) is 6.54 Å². The largest absolute Gasteiger partial charge is 0.505 e. The molecule has 0 unspecified atom stereocenters. The van der Waals surface area contributed by atoms with Crippen molar-refractivity contribution in [3.05, 3.63) is 28.6 Å². The van der Waals surface area contributed by atoms with Gasteiger partial charge in [0, 0.05) is 6.54 Å². The molecule has 2 amide bonds. The molecule has 0 spiro atoms. The van der Waals surface area contributed by atoms with Crippen LogP contribution in [-0.4, -0.2) is 28.4 Å². The van der Waals surface area contributed by atoms with Crippen LogP contribution in [0.3, 0.4) is 0 Å². The molecule has 0 saturated heterocycles. The van der Waals surface area contributed by atoms with Gasteiger partial charge in [0.1, 0.15) is 0 Å². The summed E-state index contributed by atoms with van der Waals surface area (Å²) >= 11 is 0. The smallest absolute Gasteiger partial charge is 0.264 e. The van der Waals surface area contributed by atoms with E-state index in [0.717, 1.165) is 4.90 Å². The van der Waals surface area contributed by atoms with Crippen molar-refractivity contribution in [3.8, 4) is 5.75 Å². The summed E-state index contributed by atoms with van der Waals surface area (Å²) in [6, 6.07) is 1.36. The molecular weight excluding hydrogens is 237 g/mol. The number of carbonyl (C=O) groups is 2. The summed E-state index contributed by atoms with van der Waals surface area (Å²) in [4.78, 5) is 25.0. The molecule has 1 aromatic rings. The second-order valence-corrected chi connectivity index (χ2v) is 4.89. The maximum Gasteiger partial charge on any atom is 0.264 e. The molecule has 1 aliphatic heterocycles. The zero-order chi connectivity index (χ0) is 13.6. The second-order valence-electron chi connectivity index (χ2n) is 4.89. The van der Waals surface area contributed by atoms with E-state index >= 15 is 0 Å². The summed E-state index contributed by atoms with van der Waals surface area (Å²) in [6.07, 6.45) is 0. The Balaban J connectivity index is 2.56. The third-order valence-corrected chi connectivity index (χ3v) is 2.91. The predicted molar refractivity (Wildman–Crippen MR) is 63.0 cm³/mol. The van der Waals surface area contributed by atoms with Gasteiger partial charge in [-0.2, -0.15) is 0 Å². The number of aryl methyl sites for hydroxylation is 1. The van der Waals surface area contributed by atoms with Crippen LogP contribution in [0.4, 0.5) is 4.39 Å². The molecule has 4 nitrogen and oxygen atoms in total. The standard InChI is InChI=1S/C13H14FNO3/c1-6(2)5-15-12(17)8-4-7(3)11(16)10(14)9(8)13(15)18/h4,6,16H,5H2,1-3H3. The Morgan fingerprint density at radius 2 is 1.94 bits per heavy atom. The van der Waals surface area contributed by atoms with Gasteiger partial charge in [-0.1, -0.05) is 13.8 Å². The minimum Gasteiger partial charge on any atom is -0.505 e. The Morgan fingerprint density at radius 1 is 1.33 bits per heavy atom. The molecule has 0 aliphatic carbocycles. The first-order valence-electron chi connectivity index (χ1n) is 5.72. The summed E-state index contributed by atoms with van der Waals surface area (Å²) in [7, 11) is 0. The highest BCUT2D eigenvalue weighted by Gasteiger charge is 2.39. The van der Waals surface area contributed by atoms with E-state index in [9.17, 15) is 19.1 Å². The van der Waals surface area contributed by atoms with Crippen molar-refractivity contribution in [1.29, 1.82) is 0 Å². The number of nitrogens with zero attached hydrogens (tertiary/aromatic N) is 1. The van der Waals surface area contributed by atoms with E-state index in [0.29, 0.717) is 0 Å². The van der Waals surface area contributed by atoms with Gasteiger partial charge in [0.15, 0.2) is 11.6 Å². The lowest BCUT2D eigenvalue weighted by Gasteiger charge is -2.15. The van der Waals surface area contributed by atoms with E-state index in [1.807, 2.05) is 13.8 Å². The molecule has 1 heterocycles. The normalized spacial score (nSPS) is 14.6. The summed E-state index contributed by atoms with van der Waals surface area (Å²) in [5, 5.41) is 9.49. The SMILES string of the molecule is Cc1cc2c(c(F)c1O)C(=O)N(CC(C)C)C2=O. The van der Waals surface area contributed by atoms with Crippen molar-refractivity contribution in [3.63, 3.8) is 0 Å². The van der Waals surface area contributed by atoms with Gasteiger partial charge in [0.25, 0.3) is 11.8 Å². The predicted octanol–water partition coefficient (Wildman–Crippen LogP) is 2.09. The molecule has 0 atom stereocenters. The van der Waals surface area contributed by atoms with E-state index < -0.39 is 23.4 Å². The van der Waals surface area contributed by atoms with Crippen molar-refractivity contribution in [2.45, 2.75) is 20.8 Å². The summed E-state index contributed by atoms with van der Waals surface area (Å²) < 4.78 is 13.8. The first-order chi connectivity index (χ1) is 8.34. The third-order valence-electron chi connectivity index (χ3n) is 2.91. The Bertz CT molecular complexity index is 552. The van der Waals surface area contributed by atoms with Crippen LogP contribution >= 0.6 is 0 Å². The molecule has 1 N–H and O–H groups in total. The van der Waals surface area contributed by atoms with Crippen molar-refractivity contribution in [1.82, 2.24) is 4.90 Å². The minimum absolute atomic E-state index is 0.0356. The first kappa shape index (κ1) is 12.5. The number of hydrogen-bond donors (Lipinski definition) is 1. The number of aromatic hydroxyl groups is 1. The average Bonchev–Trinajstić information content (AvgIpc) is 2.51. The van der Waals surface area contributed by atoms with Gasteiger partial charge in [-0.05, 0) is 24.5 Å². The molecule has 1 aromatic carbocycles. The molecule has 1 aliphatic rings. The van der Waals surface area contributed by atoms with Crippen molar-refractivity contribution >= 4 is 11.8 Å². The number of rotatable bonds is 2. The molecule has 0 fully saturated rings. The quantitative estimate of drug-likeness (QED) is 0.819. The van der Waals surface area contributed by atoms with Gasteiger partial charge >= 0.3 is 0 Å². The Labute approximate surface area is 104 Å². The Kier molecular flexibility index (Phi) is 2.84. The van der Waals surface area contributed by atoms with Crippen LogP contribution < -0.4 is 0 Å². The molecular formula is C13H14FNO3. The van der Waals surface area contributed by atoms with Gasteiger partial charge in [0.2, 0.25) is 0 Å². The number of phenols is 1. The molecule has 5 heteroatoms. The highest BCUT2D eigenvalue weighted by molar-refractivity contribution is 6.21. The highest BCUT2D eigenvalue weighted by Crippen LogP contribution is 2.33. The minimum atomic E-state index is -1.00. The van der Waals surface area contributed by atoms with Gasteiger partial charge in [0.05, 0.1) is 11.1 Å². The monoisotopic (exact) mass is 251 g/mol. The summed E-state index contributed by atoms with van der Waals surface area (Å²) in [6.45, 7) is 5.46. The number of imide groups is 1. The van der Waals surface area contributed by atoms with Crippen LogP contribution in [0.25, 0.3) is 0 Å². The zero-order valence-electron chi connectivity index (χ0n) is 10.5. The zero-order valence-corrected chi connectivity index (χ0v) is 10.5. The summed E-state index contributed by atoms with van der Waals surface area (Å²) in [5.41, 5.74) is -0.0315. The number of carbonyl (C=O) groups excluding carboxylic acids is 2. The molecule has 96 valence electrons. The van der Waals surface area contributed by atoms with E-state index in [-0.39, 0.29) is 29.2 Å². The lowest BCUT2D eigenvalue weighted by molar-refractivity contribution is 0.0634. The topological polar surface area (TPSA) is 57.6 Å². The number of halogens is 1. The first-order valence-corrected chi connectivity index (χ1v) is 5.72. The number of fused-ring (bicyclic) bond motifs is 1. The van der Waals surface area contributed by atoms with Crippen LogP contribution in [0.5, 0.6) is 5.75 Å². The van der Waals surface area contributed by atoms with Crippen LogP contribution in [0.1, 0.15) is 40.1 Å². The number of hydrogen-bond acceptors (Lipinski definition) is 3. The van der Waals surface area contributed by atoms with E-state index in [1.54, 1.807) is 0 Å². The highest BCUT2D eigenvalue weighted by atomic mass is 19.1. The second kappa shape index (κ2) is 4.08. The Hall–Kier alpha value is -1.91. The van der Waals surface area contributed by atoms with Crippen molar-refractivity contribution < 1.29 is 19.1 Å². The van der Waals surface area contributed by atoms with Crippen LogP contribution in [-0.2, 0) is 0 Å². The van der Waals surface area contributed by atoms with E-state index in [1.165, 1.54) is 13.0 Å². The number of benzene rings is 1.